The third-order valence-corrected chi connectivity index (χ3v) is 3.02. The van der Waals surface area contributed by atoms with Crippen molar-refractivity contribution in [3.63, 3.8) is 0 Å². The summed E-state index contributed by atoms with van der Waals surface area (Å²) in [6, 6.07) is 3.98. The molecule has 0 amide bonds. The van der Waals surface area contributed by atoms with Crippen molar-refractivity contribution in [2.75, 3.05) is 0 Å². The molecular weight excluding hydrogens is 238 g/mol. The van der Waals surface area contributed by atoms with Crippen LogP contribution in [-0.4, -0.2) is 24.3 Å². The Hall–Kier alpha value is -2.30. The number of hydrogen-bond donors (Lipinski definition) is 0. The van der Waals surface area contributed by atoms with Crippen LogP contribution in [0.3, 0.4) is 0 Å². The smallest absolute Gasteiger partial charge is 0.182 e. The summed E-state index contributed by atoms with van der Waals surface area (Å²) in [6.07, 6.45) is 1.77. The van der Waals surface area contributed by atoms with E-state index in [0.29, 0.717) is 5.82 Å². The third kappa shape index (κ3) is 1.97. The third-order valence-electron chi connectivity index (χ3n) is 3.02. The van der Waals surface area contributed by atoms with Gasteiger partial charge in [0.2, 0.25) is 0 Å². The molecule has 3 aromatic heterocycles. The van der Waals surface area contributed by atoms with Crippen LogP contribution in [0.4, 0.5) is 0 Å². The molecule has 0 unspecified atom stereocenters. The number of imidazole rings is 1. The fraction of sp³-hybridized carbons (Fsp3) is 0.286. The van der Waals surface area contributed by atoms with E-state index in [1.54, 1.807) is 6.33 Å². The maximum atomic E-state index is 4.55. The summed E-state index contributed by atoms with van der Waals surface area (Å²) >= 11 is 0. The molecule has 0 saturated carbocycles. The first kappa shape index (κ1) is 11.8. The van der Waals surface area contributed by atoms with E-state index in [2.05, 4.69) is 19.9 Å². The Bertz CT molecular complexity index is 753. The van der Waals surface area contributed by atoms with Gasteiger partial charge in [0.05, 0.1) is 0 Å². The minimum absolute atomic E-state index is 0.637. The van der Waals surface area contributed by atoms with Crippen LogP contribution in [0.2, 0.25) is 0 Å². The van der Waals surface area contributed by atoms with Gasteiger partial charge in [-0.25, -0.2) is 19.9 Å². The normalized spacial score (nSPS) is 11.2. The molecule has 0 aromatic carbocycles. The SMILES string of the molecule is Cc1cc(C)nc(-c2ncn3c(C)cc(C)nc23)n1. The number of rotatable bonds is 1. The standard InChI is InChI=1S/C14H15N5/c1-8-5-9(2)17-13(16-8)12-14-18-10(3)6-11(4)19(14)7-15-12/h5-7H,1-4H3. The molecule has 0 aliphatic carbocycles. The van der Waals surface area contributed by atoms with Crippen molar-refractivity contribution in [3.05, 3.63) is 41.2 Å². The molecule has 5 nitrogen and oxygen atoms in total. The highest BCUT2D eigenvalue weighted by Crippen LogP contribution is 2.20. The van der Waals surface area contributed by atoms with Gasteiger partial charge in [-0.05, 0) is 39.8 Å². The largest absolute Gasteiger partial charge is 0.287 e. The average Bonchev–Trinajstić information content (AvgIpc) is 2.71. The van der Waals surface area contributed by atoms with E-state index >= 15 is 0 Å². The molecule has 0 N–H and O–H groups in total. The zero-order valence-corrected chi connectivity index (χ0v) is 11.5. The summed E-state index contributed by atoms with van der Waals surface area (Å²) < 4.78 is 1.96. The van der Waals surface area contributed by atoms with Gasteiger partial charge in [0.15, 0.2) is 17.2 Å². The Morgan fingerprint density at radius 2 is 1.47 bits per heavy atom. The minimum atomic E-state index is 0.637. The van der Waals surface area contributed by atoms with Crippen LogP contribution < -0.4 is 0 Å². The Kier molecular flexibility index (Phi) is 2.55. The molecule has 0 atom stereocenters. The van der Waals surface area contributed by atoms with Crippen LogP contribution in [0.25, 0.3) is 17.2 Å². The molecule has 0 fully saturated rings. The van der Waals surface area contributed by atoms with E-state index in [-0.39, 0.29) is 0 Å². The van der Waals surface area contributed by atoms with Gasteiger partial charge in [-0.15, -0.1) is 0 Å². The Balaban J connectivity index is 2.31. The molecule has 0 aliphatic rings. The van der Waals surface area contributed by atoms with Crippen LogP contribution in [-0.2, 0) is 0 Å². The molecule has 19 heavy (non-hydrogen) atoms. The fourth-order valence-electron chi connectivity index (χ4n) is 2.27. The maximum absolute atomic E-state index is 4.55. The predicted octanol–water partition coefficient (Wildman–Crippen LogP) is 2.42. The second-order valence-electron chi connectivity index (χ2n) is 4.80. The first-order valence-electron chi connectivity index (χ1n) is 6.18. The number of aromatic nitrogens is 5. The fourth-order valence-corrected chi connectivity index (χ4v) is 2.27. The van der Waals surface area contributed by atoms with Gasteiger partial charge >= 0.3 is 0 Å². The summed E-state index contributed by atoms with van der Waals surface area (Å²) in [7, 11) is 0. The van der Waals surface area contributed by atoms with Gasteiger partial charge in [0.1, 0.15) is 6.33 Å². The van der Waals surface area contributed by atoms with Crippen molar-refractivity contribution in [3.8, 4) is 11.5 Å². The van der Waals surface area contributed by atoms with E-state index in [1.165, 1.54) is 0 Å². The van der Waals surface area contributed by atoms with Gasteiger partial charge < -0.3 is 0 Å². The van der Waals surface area contributed by atoms with Crippen LogP contribution >= 0.6 is 0 Å². The Morgan fingerprint density at radius 1 is 0.842 bits per heavy atom. The van der Waals surface area contributed by atoms with Gasteiger partial charge in [-0.2, -0.15) is 0 Å². The lowest BCUT2D eigenvalue weighted by atomic mass is 10.3. The second kappa shape index (κ2) is 4.12. The van der Waals surface area contributed by atoms with E-state index in [4.69, 9.17) is 0 Å². The van der Waals surface area contributed by atoms with Crippen molar-refractivity contribution in [2.24, 2.45) is 0 Å². The quantitative estimate of drug-likeness (QED) is 0.668. The van der Waals surface area contributed by atoms with Gasteiger partial charge in [-0.3, -0.25) is 4.40 Å². The molecule has 5 heteroatoms. The second-order valence-corrected chi connectivity index (χ2v) is 4.80. The summed E-state index contributed by atoms with van der Waals surface area (Å²) in [6.45, 7) is 7.93. The first-order chi connectivity index (χ1) is 9.04. The van der Waals surface area contributed by atoms with Crippen LogP contribution in [0, 0.1) is 27.7 Å². The van der Waals surface area contributed by atoms with Gasteiger partial charge in [0.25, 0.3) is 0 Å². The molecule has 0 aliphatic heterocycles. The van der Waals surface area contributed by atoms with Gasteiger partial charge in [0, 0.05) is 22.8 Å². The summed E-state index contributed by atoms with van der Waals surface area (Å²) in [5.74, 6) is 0.637. The van der Waals surface area contributed by atoms with Crippen molar-refractivity contribution in [2.45, 2.75) is 27.7 Å². The number of aryl methyl sites for hydroxylation is 4. The molecule has 0 saturated heterocycles. The molecule has 0 radical (unpaired) electrons. The highest BCUT2D eigenvalue weighted by molar-refractivity contribution is 5.69. The highest BCUT2D eigenvalue weighted by atomic mass is 15.1. The molecule has 3 rings (SSSR count). The Morgan fingerprint density at radius 3 is 2.16 bits per heavy atom. The number of nitrogens with zero attached hydrogens (tertiary/aromatic N) is 5. The van der Waals surface area contributed by atoms with E-state index in [9.17, 15) is 0 Å². The van der Waals surface area contributed by atoms with E-state index < -0.39 is 0 Å². The van der Waals surface area contributed by atoms with E-state index in [0.717, 1.165) is 34.1 Å². The molecule has 0 bridgehead atoms. The first-order valence-corrected chi connectivity index (χ1v) is 6.18. The maximum Gasteiger partial charge on any atom is 0.182 e. The molecule has 3 heterocycles. The van der Waals surface area contributed by atoms with Crippen LogP contribution in [0.1, 0.15) is 22.8 Å². The molecule has 96 valence electrons. The average molecular weight is 253 g/mol. The monoisotopic (exact) mass is 253 g/mol. The summed E-state index contributed by atoms with van der Waals surface area (Å²) in [5, 5.41) is 0. The van der Waals surface area contributed by atoms with Crippen molar-refractivity contribution in [1.29, 1.82) is 0 Å². The zero-order chi connectivity index (χ0) is 13.6. The van der Waals surface area contributed by atoms with E-state index in [1.807, 2.05) is 44.2 Å². The molecule has 0 spiro atoms. The topological polar surface area (TPSA) is 56.0 Å². The van der Waals surface area contributed by atoms with Crippen molar-refractivity contribution < 1.29 is 0 Å². The Labute approximate surface area is 111 Å². The predicted molar refractivity (Wildman–Crippen MR) is 73.0 cm³/mol. The lowest BCUT2D eigenvalue weighted by molar-refractivity contribution is 1.02. The molecule has 3 aromatic rings. The summed E-state index contributed by atoms with van der Waals surface area (Å²) in [5.41, 5.74) is 5.49. The van der Waals surface area contributed by atoms with Crippen LogP contribution in [0.5, 0.6) is 0 Å². The number of fused-ring (bicyclic) bond motifs is 1. The highest BCUT2D eigenvalue weighted by Gasteiger charge is 2.13. The van der Waals surface area contributed by atoms with Crippen molar-refractivity contribution >= 4 is 5.65 Å². The molecular formula is C14H15N5. The lowest BCUT2D eigenvalue weighted by Crippen LogP contribution is -1.98. The lowest BCUT2D eigenvalue weighted by Gasteiger charge is -2.03. The zero-order valence-electron chi connectivity index (χ0n) is 11.5. The van der Waals surface area contributed by atoms with Crippen molar-refractivity contribution in [1.82, 2.24) is 24.3 Å². The number of hydrogen-bond acceptors (Lipinski definition) is 4. The summed E-state index contributed by atoms with van der Waals surface area (Å²) in [4.78, 5) is 17.9. The van der Waals surface area contributed by atoms with Gasteiger partial charge in [-0.1, -0.05) is 0 Å². The minimum Gasteiger partial charge on any atom is -0.287 e. The van der Waals surface area contributed by atoms with Crippen LogP contribution in [0.15, 0.2) is 18.5 Å².